The van der Waals surface area contributed by atoms with Crippen LogP contribution in [0.15, 0.2) is 0 Å². The molecule has 0 spiro atoms. The topological polar surface area (TPSA) is 41.1 Å². The monoisotopic (exact) mass is 282 g/mol. The van der Waals surface area contributed by atoms with Crippen LogP contribution in [0, 0.1) is 5.92 Å². The standard InChI is InChI=1S/C14H26N4S/c1-10(2)8-13-16-14(19-17-13)15-11-6-5-7-12(9-11)18(3)4/h10-12H,5-9H2,1-4H3,(H,15,16,17). The van der Waals surface area contributed by atoms with E-state index in [1.54, 1.807) is 0 Å². The average molecular weight is 282 g/mol. The third-order valence-corrected chi connectivity index (χ3v) is 4.45. The zero-order valence-electron chi connectivity index (χ0n) is 12.5. The van der Waals surface area contributed by atoms with Gasteiger partial charge in [0.1, 0.15) is 5.82 Å². The van der Waals surface area contributed by atoms with E-state index in [9.17, 15) is 0 Å². The number of anilines is 1. The number of rotatable bonds is 5. The fourth-order valence-electron chi connectivity index (χ4n) is 2.70. The maximum Gasteiger partial charge on any atom is 0.202 e. The molecule has 108 valence electrons. The van der Waals surface area contributed by atoms with E-state index >= 15 is 0 Å². The van der Waals surface area contributed by atoms with Gasteiger partial charge in [-0.3, -0.25) is 0 Å². The fraction of sp³-hybridized carbons (Fsp3) is 0.857. The van der Waals surface area contributed by atoms with Crippen molar-refractivity contribution in [3.63, 3.8) is 0 Å². The van der Waals surface area contributed by atoms with Gasteiger partial charge in [0.25, 0.3) is 0 Å². The van der Waals surface area contributed by atoms with Crippen LogP contribution in [-0.4, -0.2) is 40.4 Å². The molecule has 0 amide bonds. The van der Waals surface area contributed by atoms with Gasteiger partial charge in [-0.2, -0.15) is 4.37 Å². The molecule has 1 aliphatic carbocycles. The average Bonchev–Trinajstić information content (AvgIpc) is 2.76. The van der Waals surface area contributed by atoms with Crippen molar-refractivity contribution in [2.24, 2.45) is 5.92 Å². The molecule has 19 heavy (non-hydrogen) atoms. The Bertz CT molecular complexity index is 389. The summed E-state index contributed by atoms with van der Waals surface area (Å²) >= 11 is 1.51. The van der Waals surface area contributed by atoms with Crippen LogP contribution in [0.25, 0.3) is 0 Å². The van der Waals surface area contributed by atoms with Gasteiger partial charge in [0.05, 0.1) is 0 Å². The number of hydrogen-bond acceptors (Lipinski definition) is 5. The minimum Gasteiger partial charge on any atom is -0.357 e. The molecule has 1 aliphatic rings. The van der Waals surface area contributed by atoms with Gasteiger partial charge in [-0.15, -0.1) is 0 Å². The van der Waals surface area contributed by atoms with Crippen LogP contribution in [0.5, 0.6) is 0 Å². The quantitative estimate of drug-likeness (QED) is 0.901. The maximum absolute atomic E-state index is 4.60. The predicted molar refractivity (Wildman–Crippen MR) is 81.8 cm³/mol. The molecule has 5 heteroatoms. The van der Waals surface area contributed by atoms with Gasteiger partial charge in [0.15, 0.2) is 0 Å². The third-order valence-electron chi connectivity index (χ3n) is 3.76. The molecule has 2 unspecified atom stereocenters. The Morgan fingerprint density at radius 2 is 2.16 bits per heavy atom. The van der Waals surface area contributed by atoms with Crippen molar-refractivity contribution in [3.05, 3.63) is 5.82 Å². The highest BCUT2D eigenvalue weighted by Gasteiger charge is 2.23. The second-order valence-electron chi connectivity index (χ2n) is 6.24. The SMILES string of the molecule is CC(C)Cc1nsc(NC2CCCC(N(C)C)C2)n1. The van der Waals surface area contributed by atoms with Crippen LogP contribution >= 0.6 is 11.5 Å². The van der Waals surface area contributed by atoms with Crippen molar-refractivity contribution in [2.75, 3.05) is 19.4 Å². The van der Waals surface area contributed by atoms with Gasteiger partial charge in [0.2, 0.25) is 5.13 Å². The highest BCUT2D eigenvalue weighted by molar-refractivity contribution is 7.09. The van der Waals surface area contributed by atoms with E-state index in [1.165, 1.54) is 37.2 Å². The lowest BCUT2D eigenvalue weighted by atomic mass is 9.90. The van der Waals surface area contributed by atoms with E-state index in [4.69, 9.17) is 0 Å². The summed E-state index contributed by atoms with van der Waals surface area (Å²) in [5, 5.41) is 4.58. The predicted octanol–water partition coefficient (Wildman–Crippen LogP) is 3.02. The molecule has 4 nitrogen and oxygen atoms in total. The highest BCUT2D eigenvalue weighted by atomic mass is 32.1. The summed E-state index contributed by atoms with van der Waals surface area (Å²) in [6, 6.07) is 1.26. The molecule has 0 bridgehead atoms. The first-order valence-corrected chi connectivity index (χ1v) is 8.07. The normalized spacial score (nSPS) is 24.1. The first kappa shape index (κ1) is 14.7. The molecule has 2 atom stereocenters. The van der Waals surface area contributed by atoms with Gasteiger partial charge < -0.3 is 10.2 Å². The largest absolute Gasteiger partial charge is 0.357 e. The summed E-state index contributed by atoms with van der Waals surface area (Å²) in [6.45, 7) is 4.41. The molecule has 0 aromatic carbocycles. The van der Waals surface area contributed by atoms with Gasteiger partial charge in [-0.05, 0) is 45.7 Å². The van der Waals surface area contributed by atoms with Crippen LogP contribution in [0.4, 0.5) is 5.13 Å². The summed E-state index contributed by atoms with van der Waals surface area (Å²) in [6.07, 6.45) is 6.07. The molecular formula is C14H26N4S. The maximum atomic E-state index is 4.60. The van der Waals surface area contributed by atoms with E-state index in [0.717, 1.165) is 17.4 Å². The van der Waals surface area contributed by atoms with Crippen LogP contribution in [0.3, 0.4) is 0 Å². The van der Waals surface area contributed by atoms with Gasteiger partial charge in [-0.1, -0.05) is 13.8 Å². The van der Waals surface area contributed by atoms with Gasteiger partial charge >= 0.3 is 0 Å². The van der Waals surface area contributed by atoms with Crippen molar-refractivity contribution < 1.29 is 0 Å². The Hall–Kier alpha value is -0.680. The minimum absolute atomic E-state index is 0.556. The van der Waals surface area contributed by atoms with Gasteiger partial charge in [0, 0.05) is 30.0 Å². The van der Waals surface area contributed by atoms with Crippen LogP contribution in [-0.2, 0) is 6.42 Å². The molecule has 0 aliphatic heterocycles. The van der Waals surface area contributed by atoms with E-state index in [1.807, 2.05) is 0 Å². The number of nitrogens with one attached hydrogen (secondary N) is 1. The van der Waals surface area contributed by atoms with E-state index in [-0.39, 0.29) is 0 Å². The van der Waals surface area contributed by atoms with E-state index in [0.29, 0.717) is 18.0 Å². The summed E-state index contributed by atoms with van der Waals surface area (Å²) in [7, 11) is 4.36. The number of nitrogens with zero attached hydrogens (tertiary/aromatic N) is 3. The van der Waals surface area contributed by atoms with Crippen molar-refractivity contribution in [1.29, 1.82) is 0 Å². The summed E-state index contributed by atoms with van der Waals surface area (Å²) in [5.41, 5.74) is 0. The Kier molecular flexibility index (Phi) is 5.16. The van der Waals surface area contributed by atoms with Crippen LogP contribution < -0.4 is 5.32 Å². The lowest BCUT2D eigenvalue weighted by molar-refractivity contribution is 0.219. The fourth-order valence-corrected chi connectivity index (χ4v) is 3.37. The molecule has 0 saturated heterocycles. The summed E-state index contributed by atoms with van der Waals surface area (Å²) < 4.78 is 4.43. The lowest BCUT2D eigenvalue weighted by Crippen LogP contribution is -2.38. The van der Waals surface area contributed by atoms with Crippen molar-refractivity contribution >= 4 is 16.7 Å². The van der Waals surface area contributed by atoms with Gasteiger partial charge in [-0.25, -0.2) is 4.98 Å². The third kappa shape index (κ3) is 4.42. The second kappa shape index (κ2) is 6.66. The van der Waals surface area contributed by atoms with E-state index < -0.39 is 0 Å². The Labute approximate surface area is 120 Å². The molecule has 1 heterocycles. The molecule has 1 aromatic heterocycles. The Morgan fingerprint density at radius 1 is 1.37 bits per heavy atom. The first-order valence-electron chi connectivity index (χ1n) is 7.30. The zero-order chi connectivity index (χ0) is 13.8. The van der Waals surface area contributed by atoms with E-state index in [2.05, 4.69) is 47.5 Å². The van der Waals surface area contributed by atoms with Crippen molar-refractivity contribution in [3.8, 4) is 0 Å². The van der Waals surface area contributed by atoms with Crippen LogP contribution in [0.1, 0.15) is 45.4 Å². The zero-order valence-corrected chi connectivity index (χ0v) is 13.3. The molecule has 2 rings (SSSR count). The Balaban J connectivity index is 1.88. The second-order valence-corrected chi connectivity index (χ2v) is 6.99. The lowest BCUT2D eigenvalue weighted by Gasteiger charge is -2.33. The minimum atomic E-state index is 0.556. The molecule has 1 aromatic rings. The highest BCUT2D eigenvalue weighted by Crippen LogP contribution is 2.25. The molecule has 0 radical (unpaired) electrons. The molecular weight excluding hydrogens is 256 g/mol. The van der Waals surface area contributed by atoms with Crippen molar-refractivity contribution in [2.45, 2.75) is 58.0 Å². The summed E-state index contributed by atoms with van der Waals surface area (Å²) in [5.74, 6) is 1.61. The Morgan fingerprint density at radius 3 is 2.84 bits per heavy atom. The molecule has 1 fully saturated rings. The smallest absolute Gasteiger partial charge is 0.202 e. The molecule has 1 saturated carbocycles. The number of hydrogen-bond donors (Lipinski definition) is 1. The first-order chi connectivity index (χ1) is 9.04. The number of aromatic nitrogens is 2. The van der Waals surface area contributed by atoms with Crippen molar-refractivity contribution in [1.82, 2.24) is 14.3 Å². The summed E-state index contributed by atoms with van der Waals surface area (Å²) in [4.78, 5) is 6.94. The van der Waals surface area contributed by atoms with Crippen LogP contribution in [0.2, 0.25) is 0 Å². The molecule has 1 N–H and O–H groups in total.